The minimum absolute atomic E-state index is 0.905. The zero-order chi connectivity index (χ0) is 62.1. The Morgan fingerprint density at radius 1 is 0.223 bits per heavy atom. The molecule has 442 valence electrons. The van der Waals surface area contributed by atoms with Gasteiger partial charge in [-0.25, -0.2) is 9.97 Å². The molecular formula is C86H58N8. The summed E-state index contributed by atoms with van der Waals surface area (Å²) in [5.74, 6) is 0. The highest BCUT2D eigenvalue weighted by atomic mass is 15.2. The van der Waals surface area contributed by atoms with Crippen LogP contribution >= 0.6 is 0 Å². The number of hydrogen-bond donors (Lipinski definition) is 0. The van der Waals surface area contributed by atoms with Crippen molar-refractivity contribution < 1.29 is 0 Å². The molecule has 6 heterocycles. The first-order valence-corrected chi connectivity index (χ1v) is 31.9. The predicted octanol–water partition coefficient (Wildman–Crippen LogP) is 22.5. The number of pyridine rings is 2. The standard InChI is InChI=1S/C86H58N8/c1-5-21-63(22-6-1)85-83(87-81-33-17-19-55-89(81)85)61-39-47-69(48-40-61)91(71-51-53-79-75(57-71)73-29-13-15-31-77(73)93(79)65-25-9-3-10-26-65)67-43-35-59(36-44-67)60-37-45-68(46-38-60)92(72-52-54-80-76(58-72)74-30-14-16-32-78(74)94(80)66-27-11-4-12-28-66)70-49-41-62(42-50-70)84-86(64-23-7-2-8-24-64)90-56-20-18-34-82(90)88-84/h1-58H. The third kappa shape index (κ3) is 9.22. The molecule has 0 unspecified atom stereocenters. The smallest absolute Gasteiger partial charge is 0.137 e. The molecule has 0 saturated heterocycles. The Kier molecular flexibility index (Phi) is 13.0. The fourth-order valence-electron chi connectivity index (χ4n) is 14.1. The summed E-state index contributed by atoms with van der Waals surface area (Å²) in [6.45, 7) is 0. The molecule has 8 nitrogen and oxygen atoms in total. The van der Waals surface area contributed by atoms with Crippen molar-refractivity contribution in [2.24, 2.45) is 0 Å². The van der Waals surface area contributed by atoms with Gasteiger partial charge >= 0.3 is 0 Å². The van der Waals surface area contributed by atoms with Gasteiger partial charge in [-0.05, 0) is 157 Å². The number of aromatic nitrogens is 6. The van der Waals surface area contributed by atoms with Crippen LogP contribution in [-0.4, -0.2) is 27.9 Å². The normalized spacial score (nSPS) is 11.6. The van der Waals surface area contributed by atoms with E-state index in [4.69, 9.17) is 9.97 Å². The van der Waals surface area contributed by atoms with E-state index in [0.29, 0.717) is 0 Å². The lowest BCUT2D eigenvalue weighted by Gasteiger charge is -2.27. The van der Waals surface area contributed by atoms with E-state index in [2.05, 4.69) is 368 Å². The van der Waals surface area contributed by atoms with Crippen LogP contribution < -0.4 is 9.80 Å². The Hall–Kier alpha value is -12.8. The lowest BCUT2D eigenvalue weighted by Crippen LogP contribution is -2.10. The molecule has 0 amide bonds. The number of para-hydroxylation sites is 4. The molecule has 0 spiro atoms. The second kappa shape index (κ2) is 22.6. The molecule has 12 aromatic carbocycles. The summed E-state index contributed by atoms with van der Waals surface area (Å²) in [6, 6.07) is 122. The summed E-state index contributed by atoms with van der Waals surface area (Å²) in [5.41, 5.74) is 25.5. The van der Waals surface area contributed by atoms with E-state index in [9.17, 15) is 0 Å². The topological polar surface area (TPSA) is 50.9 Å². The summed E-state index contributed by atoms with van der Waals surface area (Å²) in [4.78, 5) is 15.2. The number of rotatable bonds is 13. The SMILES string of the molecule is c1ccc(-c2c(-c3ccc(N(c4ccc(-c5ccc(N(c6ccc(-c7nc8ccccn8c7-c7ccccc7)cc6)c6ccc7c(c6)c6ccccc6n7-c6ccccc6)cc5)cc4)c4ccc5c(c4)c4ccccc4n5-c4ccccc4)cc3)nc3ccccn23)cc1. The van der Waals surface area contributed by atoms with Crippen LogP contribution in [0.5, 0.6) is 0 Å². The summed E-state index contributed by atoms with van der Waals surface area (Å²) >= 11 is 0. The molecule has 0 bridgehead atoms. The summed E-state index contributed by atoms with van der Waals surface area (Å²) in [5, 5.41) is 4.76. The first kappa shape index (κ1) is 54.2. The second-order valence-corrected chi connectivity index (χ2v) is 23.8. The maximum Gasteiger partial charge on any atom is 0.137 e. The summed E-state index contributed by atoms with van der Waals surface area (Å²) < 4.78 is 9.12. The molecule has 0 aliphatic rings. The zero-order valence-corrected chi connectivity index (χ0v) is 51.1. The Bertz CT molecular complexity index is 5450. The molecule has 8 heteroatoms. The van der Waals surface area contributed by atoms with Gasteiger partial charge in [0, 0.05) is 102 Å². The largest absolute Gasteiger partial charge is 0.310 e. The minimum atomic E-state index is 0.905. The van der Waals surface area contributed by atoms with Crippen molar-refractivity contribution in [1.82, 2.24) is 27.9 Å². The van der Waals surface area contributed by atoms with Gasteiger partial charge in [0.2, 0.25) is 0 Å². The number of fused-ring (bicyclic) bond motifs is 8. The molecule has 0 fully saturated rings. The predicted molar refractivity (Wildman–Crippen MR) is 389 cm³/mol. The average Bonchev–Trinajstić information content (AvgIpc) is 1.60. The first-order chi connectivity index (χ1) is 46.6. The Balaban J connectivity index is 0.735. The highest BCUT2D eigenvalue weighted by Gasteiger charge is 2.23. The quantitative estimate of drug-likeness (QED) is 0.115. The summed E-state index contributed by atoms with van der Waals surface area (Å²) in [6.07, 6.45) is 4.20. The molecule has 0 aliphatic carbocycles. The lowest BCUT2D eigenvalue weighted by atomic mass is 10.0. The Morgan fingerprint density at radius 2 is 0.532 bits per heavy atom. The third-order valence-electron chi connectivity index (χ3n) is 18.4. The highest BCUT2D eigenvalue weighted by Crippen LogP contribution is 2.45. The molecule has 0 atom stereocenters. The second-order valence-electron chi connectivity index (χ2n) is 23.8. The maximum atomic E-state index is 5.23. The van der Waals surface area contributed by atoms with Crippen LogP contribution in [0.3, 0.4) is 0 Å². The fourth-order valence-corrected chi connectivity index (χ4v) is 14.1. The monoisotopic (exact) mass is 1200 g/mol. The molecule has 18 aromatic rings. The van der Waals surface area contributed by atoms with Crippen molar-refractivity contribution in [3.05, 3.63) is 352 Å². The third-order valence-corrected chi connectivity index (χ3v) is 18.4. The number of imidazole rings is 2. The van der Waals surface area contributed by atoms with E-state index in [1.165, 1.54) is 32.6 Å². The minimum Gasteiger partial charge on any atom is -0.310 e. The van der Waals surface area contributed by atoms with Crippen molar-refractivity contribution >= 4 is 89.0 Å². The molecular weight excluding hydrogens is 1150 g/mol. The molecule has 0 radical (unpaired) electrons. The van der Waals surface area contributed by atoms with Gasteiger partial charge in [-0.3, -0.25) is 8.80 Å². The van der Waals surface area contributed by atoms with Crippen LogP contribution in [0.1, 0.15) is 0 Å². The van der Waals surface area contributed by atoms with Gasteiger partial charge in [-0.2, -0.15) is 0 Å². The molecule has 0 aliphatic heterocycles. The van der Waals surface area contributed by atoms with Gasteiger partial charge < -0.3 is 18.9 Å². The van der Waals surface area contributed by atoms with Gasteiger partial charge in [0.05, 0.1) is 44.8 Å². The molecule has 0 N–H and O–H groups in total. The number of hydrogen-bond acceptors (Lipinski definition) is 4. The van der Waals surface area contributed by atoms with E-state index in [0.717, 1.165) is 124 Å². The van der Waals surface area contributed by atoms with Gasteiger partial charge in [0.1, 0.15) is 11.3 Å². The van der Waals surface area contributed by atoms with Crippen LogP contribution in [0.15, 0.2) is 352 Å². The summed E-state index contributed by atoms with van der Waals surface area (Å²) in [7, 11) is 0. The van der Waals surface area contributed by atoms with Crippen molar-refractivity contribution in [2.45, 2.75) is 0 Å². The van der Waals surface area contributed by atoms with Crippen LogP contribution in [0, 0.1) is 0 Å². The average molecular weight is 1200 g/mol. The van der Waals surface area contributed by atoms with E-state index < -0.39 is 0 Å². The fraction of sp³-hybridized carbons (Fsp3) is 0. The number of nitrogens with zero attached hydrogens (tertiary/aromatic N) is 8. The van der Waals surface area contributed by atoms with Crippen LogP contribution in [0.2, 0.25) is 0 Å². The van der Waals surface area contributed by atoms with Crippen molar-refractivity contribution in [3.8, 4) is 67.5 Å². The number of benzene rings is 12. The van der Waals surface area contributed by atoms with Gasteiger partial charge in [0.25, 0.3) is 0 Å². The van der Waals surface area contributed by atoms with Gasteiger partial charge in [0.15, 0.2) is 0 Å². The highest BCUT2D eigenvalue weighted by molar-refractivity contribution is 6.12. The molecule has 6 aromatic heterocycles. The molecule has 94 heavy (non-hydrogen) atoms. The van der Waals surface area contributed by atoms with Gasteiger partial charge in [-0.15, -0.1) is 0 Å². The molecule has 0 saturated carbocycles. The van der Waals surface area contributed by atoms with Crippen LogP contribution in [0.25, 0.3) is 122 Å². The van der Waals surface area contributed by atoms with E-state index in [1.54, 1.807) is 0 Å². The van der Waals surface area contributed by atoms with Crippen molar-refractivity contribution in [1.29, 1.82) is 0 Å². The Morgan fingerprint density at radius 3 is 0.915 bits per heavy atom. The van der Waals surface area contributed by atoms with Crippen molar-refractivity contribution in [2.75, 3.05) is 9.80 Å². The van der Waals surface area contributed by atoms with E-state index >= 15 is 0 Å². The maximum absolute atomic E-state index is 5.23. The Labute approximate surface area is 543 Å². The number of anilines is 6. The van der Waals surface area contributed by atoms with Gasteiger partial charge in [-0.1, -0.05) is 194 Å². The van der Waals surface area contributed by atoms with E-state index in [-0.39, 0.29) is 0 Å². The zero-order valence-electron chi connectivity index (χ0n) is 51.1. The molecule has 18 rings (SSSR count). The van der Waals surface area contributed by atoms with Crippen LogP contribution in [0.4, 0.5) is 34.1 Å². The van der Waals surface area contributed by atoms with Crippen molar-refractivity contribution in [3.63, 3.8) is 0 Å². The lowest BCUT2D eigenvalue weighted by molar-refractivity contribution is 1.18. The van der Waals surface area contributed by atoms with E-state index in [1.807, 2.05) is 12.1 Å². The van der Waals surface area contributed by atoms with Crippen LogP contribution in [-0.2, 0) is 0 Å². The first-order valence-electron chi connectivity index (χ1n) is 31.9.